The maximum atomic E-state index is 11.7. The summed E-state index contributed by atoms with van der Waals surface area (Å²) in [4.78, 5) is 22.5. The van der Waals surface area contributed by atoms with Crippen LogP contribution in [0.1, 0.15) is 31.2 Å². The minimum atomic E-state index is -0.276. The van der Waals surface area contributed by atoms with E-state index >= 15 is 0 Å². The lowest BCUT2D eigenvalue weighted by atomic mass is 10.3. The lowest BCUT2D eigenvalue weighted by Gasteiger charge is -2.21. The van der Waals surface area contributed by atoms with Crippen LogP contribution in [0.2, 0.25) is 0 Å². The summed E-state index contributed by atoms with van der Waals surface area (Å²) in [5.74, 6) is 0.213. The van der Waals surface area contributed by atoms with E-state index in [0.717, 1.165) is 18.5 Å². The van der Waals surface area contributed by atoms with E-state index in [4.69, 9.17) is 22.7 Å². The summed E-state index contributed by atoms with van der Waals surface area (Å²) >= 11 is 4.96. The highest BCUT2D eigenvalue weighted by Crippen LogP contribution is 2.29. The molecule has 0 aliphatic heterocycles. The van der Waals surface area contributed by atoms with Crippen LogP contribution in [0, 0.1) is 6.92 Å². The first-order chi connectivity index (χ1) is 9.51. The number of nitrogens with two attached hydrogens (primary N) is 1. The van der Waals surface area contributed by atoms with Crippen molar-refractivity contribution in [3.63, 3.8) is 0 Å². The van der Waals surface area contributed by atoms with Gasteiger partial charge in [-0.2, -0.15) is 0 Å². The van der Waals surface area contributed by atoms with Crippen LogP contribution in [0.4, 0.5) is 5.95 Å². The van der Waals surface area contributed by atoms with Gasteiger partial charge < -0.3 is 15.4 Å². The van der Waals surface area contributed by atoms with Crippen molar-refractivity contribution in [2.45, 2.75) is 32.7 Å². The van der Waals surface area contributed by atoms with Gasteiger partial charge >= 0.3 is 5.97 Å². The van der Waals surface area contributed by atoms with Crippen molar-refractivity contribution in [1.82, 2.24) is 9.97 Å². The monoisotopic (exact) mass is 294 g/mol. The molecule has 0 saturated heterocycles. The fourth-order valence-corrected chi connectivity index (χ4v) is 2.01. The van der Waals surface area contributed by atoms with Crippen molar-refractivity contribution >= 4 is 29.1 Å². The van der Waals surface area contributed by atoms with E-state index in [2.05, 4.69) is 9.97 Å². The van der Waals surface area contributed by atoms with Gasteiger partial charge in [-0.05, 0) is 32.8 Å². The zero-order chi connectivity index (χ0) is 14.7. The molecule has 0 atom stereocenters. The average Bonchev–Trinajstić information content (AvgIpc) is 3.19. The lowest BCUT2D eigenvalue weighted by molar-refractivity contribution is -0.141. The molecule has 0 radical (unpaired) electrons. The summed E-state index contributed by atoms with van der Waals surface area (Å²) in [6.07, 6.45) is 2.05. The van der Waals surface area contributed by atoms with Crippen molar-refractivity contribution < 1.29 is 9.53 Å². The first kappa shape index (κ1) is 14.6. The molecule has 108 valence electrons. The third kappa shape index (κ3) is 3.63. The summed E-state index contributed by atoms with van der Waals surface area (Å²) in [6, 6.07) is 2.03. The van der Waals surface area contributed by atoms with Crippen molar-refractivity contribution in [2.24, 2.45) is 5.73 Å². The molecule has 1 aromatic heterocycles. The zero-order valence-corrected chi connectivity index (χ0v) is 12.4. The van der Waals surface area contributed by atoms with Crippen LogP contribution in [-0.2, 0) is 9.53 Å². The summed E-state index contributed by atoms with van der Waals surface area (Å²) in [5.41, 5.74) is 6.92. The number of carbonyl (C=O) groups excluding carboxylic acids is 1. The lowest BCUT2D eigenvalue weighted by Crippen LogP contribution is -2.35. The van der Waals surface area contributed by atoms with Gasteiger partial charge in [-0.15, -0.1) is 0 Å². The summed E-state index contributed by atoms with van der Waals surface area (Å²) in [7, 11) is 0. The SMILES string of the molecule is CCOC(=O)CN(c1nc(C)cc(C(N)=S)n1)C1CC1. The minimum Gasteiger partial charge on any atom is -0.465 e. The molecule has 0 aromatic carbocycles. The van der Waals surface area contributed by atoms with Gasteiger partial charge in [-0.1, -0.05) is 12.2 Å². The predicted octanol–water partition coefficient (Wildman–Crippen LogP) is 0.951. The number of rotatable bonds is 6. The highest BCUT2D eigenvalue weighted by atomic mass is 32.1. The first-order valence-corrected chi connectivity index (χ1v) is 6.99. The van der Waals surface area contributed by atoms with Crippen LogP contribution in [0.25, 0.3) is 0 Å². The minimum absolute atomic E-state index is 0.152. The van der Waals surface area contributed by atoms with Crippen LogP contribution in [0.3, 0.4) is 0 Å². The Labute approximate surface area is 123 Å². The zero-order valence-electron chi connectivity index (χ0n) is 11.6. The second-order valence-electron chi connectivity index (χ2n) is 4.72. The third-order valence-electron chi connectivity index (χ3n) is 2.94. The second kappa shape index (κ2) is 6.13. The first-order valence-electron chi connectivity index (χ1n) is 6.59. The molecule has 1 aliphatic carbocycles. The van der Waals surface area contributed by atoms with Gasteiger partial charge in [-0.25, -0.2) is 9.97 Å². The number of nitrogens with zero attached hydrogens (tertiary/aromatic N) is 3. The highest BCUT2D eigenvalue weighted by Gasteiger charge is 2.33. The molecular weight excluding hydrogens is 276 g/mol. The molecule has 2 rings (SSSR count). The Morgan fingerprint density at radius 2 is 2.25 bits per heavy atom. The van der Waals surface area contributed by atoms with Gasteiger partial charge in [0.15, 0.2) is 0 Å². The molecule has 1 aliphatic rings. The molecule has 1 saturated carbocycles. The molecule has 0 amide bonds. The number of aromatic nitrogens is 2. The Bertz CT molecular complexity index is 531. The maximum absolute atomic E-state index is 11.7. The van der Waals surface area contributed by atoms with E-state index in [0.29, 0.717) is 24.3 Å². The van der Waals surface area contributed by atoms with Crippen LogP contribution in [0.15, 0.2) is 6.07 Å². The normalized spacial score (nSPS) is 13.9. The molecule has 0 unspecified atom stereocenters. The number of carbonyl (C=O) groups is 1. The van der Waals surface area contributed by atoms with Gasteiger partial charge in [0.25, 0.3) is 0 Å². The standard InChI is InChI=1S/C13H18N4O2S/c1-3-19-11(18)7-17(9-4-5-9)13-15-8(2)6-10(16-13)12(14)20/h6,9H,3-5,7H2,1-2H3,(H2,14,20). The number of hydrogen-bond donors (Lipinski definition) is 1. The quantitative estimate of drug-likeness (QED) is 0.618. The van der Waals surface area contributed by atoms with Crippen molar-refractivity contribution in [3.05, 3.63) is 17.5 Å². The largest absolute Gasteiger partial charge is 0.465 e. The Kier molecular flexibility index (Phi) is 4.49. The number of esters is 1. The van der Waals surface area contributed by atoms with Crippen LogP contribution >= 0.6 is 12.2 Å². The number of ether oxygens (including phenoxy) is 1. The molecule has 20 heavy (non-hydrogen) atoms. The number of aryl methyl sites for hydroxylation is 1. The summed E-state index contributed by atoms with van der Waals surface area (Å²) in [5, 5.41) is 0. The molecule has 0 bridgehead atoms. The Balaban J connectivity index is 2.25. The molecule has 6 nitrogen and oxygen atoms in total. The van der Waals surface area contributed by atoms with E-state index in [1.54, 1.807) is 13.0 Å². The fourth-order valence-electron chi connectivity index (χ4n) is 1.90. The van der Waals surface area contributed by atoms with E-state index < -0.39 is 0 Å². The van der Waals surface area contributed by atoms with Crippen LogP contribution in [-0.4, -0.2) is 40.1 Å². The summed E-state index contributed by atoms with van der Waals surface area (Å²) < 4.78 is 4.99. The Morgan fingerprint density at radius 1 is 1.55 bits per heavy atom. The highest BCUT2D eigenvalue weighted by molar-refractivity contribution is 7.80. The van der Waals surface area contributed by atoms with Gasteiger partial charge in [-0.3, -0.25) is 4.79 Å². The van der Waals surface area contributed by atoms with Crippen LogP contribution in [0.5, 0.6) is 0 Å². The molecule has 1 aromatic rings. The second-order valence-corrected chi connectivity index (χ2v) is 5.16. The van der Waals surface area contributed by atoms with Crippen molar-refractivity contribution in [1.29, 1.82) is 0 Å². The van der Waals surface area contributed by atoms with E-state index in [1.807, 2.05) is 11.8 Å². The smallest absolute Gasteiger partial charge is 0.325 e. The Morgan fingerprint density at radius 3 is 2.80 bits per heavy atom. The van der Waals surface area contributed by atoms with Crippen LogP contribution < -0.4 is 10.6 Å². The van der Waals surface area contributed by atoms with Gasteiger partial charge in [0, 0.05) is 11.7 Å². The van der Waals surface area contributed by atoms with Gasteiger partial charge in [0.05, 0.1) is 6.61 Å². The van der Waals surface area contributed by atoms with Gasteiger partial charge in [0.1, 0.15) is 17.2 Å². The molecule has 1 heterocycles. The molecule has 0 spiro atoms. The van der Waals surface area contributed by atoms with Gasteiger partial charge in [0.2, 0.25) is 5.95 Å². The molecular formula is C13H18N4O2S. The average molecular weight is 294 g/mol. The summed E-state index contributed by atoms with van der Waals surface area (Å²) in [6.45, 7) is 4.15. The number of thiocarbonyl (C=S) groups is 1. The molecule has 2 N–H and O–H groups in total. The molecule has 1 fully saturated rings. The third-order valence-corrected chi connectivity index (χ3v) is 3.15. The van der Waals surface area contributed by atoms with E-state index in [9.17, 15) is 4.79 Å². The Hall–Kier alpha value is -1.76. The molecule has 7 heteroatoms. The maximum Gasteiger partial charge on any atom is 0.325 e. The van der Waals surface area contributed by atoms with Crippen molar-refractivity contribution in [2.75, 3.05) is 18.1 Å². The van der Waals surface area contributed by atoms with E-state index in [-0.39, 0.29) is 17.5 Å². The van der Waals surface area contributed by atoms with Crippen molar-refractivity contribution in [3.8, 4) is 0 Å². The fraction of sp³-hybridized carbons (Fsp3) is 0.538. The van der Waals surface area contributed by atoms with E-state index in [1.165, 1.54) is 0 Å². The number of anilines is 1. The number of hydrogen-bond acceptors (Lipinski definition) is 6. The topological polar surface area (TPSA) is 81.3 Å². The predicted molar refractivity (Wildman–Crippen MR) is 79.7 cm³/mol.